The van der Waals surface area contributed by atoms with E-state index in [0.717, 1.165) is 43.9 Å². The first-order valence-electron chi connectivity index (χ1n) is 11.1. The predicted molar refractivity (Wildman–Crippen MR) is 129 cm³/mol. The molecule has 6 N–H and O–H groups in total. The molecule has 1 heterocycles. The van der Waals surface area contributed by atoms with Crippen LogP contribution in [-0.4, -0.2) is 75.4 Å². The molecule has 1 saturated heterocycles. The van der Waals surface area contributed by atoms with Gasteiger partial charge in [0, 0.05) is 18.7 Å². The molecule has 1 fully saturated rings. The van der Waals surface area contributed by atoms with Crippen LogP contribution in [-0.2, 0) is 25.7 Å². The highest BCUT2D eigenvalue weighted by Crippen LogP contribution is 2.29. The second-order valence-electron chi connectivity index (χ2n) is 7.69. The molecule has 0 unspecified atom stereocenters. The van der Waals surface area contributed by atoms with Crippen LogP contribution in [0.25, 0.3) is 0 Å². The van der Waals surface area contributed by atoms with Gasteiger partial charge in [0.25, 0.3) is 0 Å². The zero-order valence-electron chi connectivity index (χ0n) is 20.0. The number of likely N-dealkylation sites (tertiary alicyclic amines) is 1. The molecule has 13 heteroatoms. The molecule has 0 aliphatic carbocycles. The molecular weight excluding hydrogens is 498 g/mol. The zero-order chi connectivity index (χ0) is 27.7. The van der Waals surface area contributed by atoms with Crippen LogP contribution in [0, 0.1) is 17.2 Å². The highest BCUT2D eigenvalue weighted by Gasteiger charge is 2.22. The van der Waals surface area contributed by atoms with Crippen molar-refractivity contribution in [2.45, 2.75) is 45.6 Å². The zero-order valence-corrected chi connectivity index (χ0v) is 20.7. The highest BCUT2D eigenvalue weighted by atomic mass is 35.5. The smallest absolute Gasteiger partial charge is 0.303 e. The van der Waals surface area contributed by atoms with Crippen molar-refractivity contribution >= 4 is 35.5 Å². The maximum atomic E-state index is 9.64. The lowest BCUT2D eigenvalue weighted by Crippen LogP contribution is -2.23. The van der Waals surface area contributed by atoms with Crippen molar-refractivity contribution in [2.75, 3.05) is 26.2 Å². The average Bonchev–Trinajstić information content (AvgIpc) is 3.26. The lowest BCUT2D eigenvalue weighted by molar-refractivity contribution is -0.143. The van der Waals surface area contributed by atoms with Gasteiger partial charge < -0.3 is 30.9 Å². The Kier molecular flexibility index (Phi) is 16.3. The van der Waals surface area contributed by atoms with E-state index in [-0.39, 0.29) is 25.7 Å². The van der Waals surface area contributed by atoms with Gasteiger partial charge in [0.2, 0.25) is 0 Å². The van der Waals surface area contributed by atoms with E-state index in [0.29, 0.717) is 23.1 Å². The van der Waals surface area contributed by atoms with Gasteiger partial charge in [-0.2, -0.15) is 5.26 Å². The summed E-state index contributed by atoms with van der Waals surface area (Å²) in [4.78, 5) is 40.9. The van der Waals surface area contributed by atoms with Gasteiger partial charge >= 0.3 is 23.9 Å². The van der Waals surface area contributed by atoms with Gasteiger partial charge in [0.15, 0.2) is 0 Å². The number of halogens is 1. The van der Waals surface area contributed by atoms with E-state index in [1.807, 2.05) is 13.0 Å². The Labute approximate surface area is 213 Å². The van der Waals surface area contributed by atoms with Crippen LogP contribution < -0.4 is 10.5 Å². The van der Waals surface area contributed by atoms with Crippen molar-refractivity contribution < 1.29 is 44.3 Å². The van der Waals surface area contributed by atoms with Crippen LogP contribution in [0.3, 0.4) is 0 Å². The van der Waals surface area contributed by atoms with Crippen LogP contribution in [0.4, 0.5) is 0 Å². The third-order valence-corrected chi connectivity index (χ3v) is 5.09. The number of nitrogens with zero attached hydrogens (tertiary/aromatic N) is 2. The summed E-state index contributed by atoms with van der Waals surface area (Å²) in [7, 11) is 0. The molecule has 1 atom stereocenters. The average molecular weight is 530 g/mol. The monoisotopic (exact) mass is 529 g/mol. The van der Waals surface area contributed by atoms with Crippen molar-refractivity contribution in [3.63, 3.8) is 0 Å². The Morgan fingerprint density at radius 2 is 1.56 bits per heavy atom. The molecule has 0 saturated carbocycles. The molecule has 0 bridgehead atoms. The van der Waals surface area contributed by atoms with E-state index < -0.39 is 23.9 Å². The van der Waals surface area contributed by atoms with Gasteiger partial charge in [0.05, 0.1) is 42.9 Å². The number of carboxylic acid groups (broad SMARTS) is 4. The fourth-order valence-corrected chi connectivity index (χ4v) is 3.24. The summed E-state index contributed by atoms with van der Waals surface area (Å²) < 4.78 is 5.64. The standard InChI is InChI=1S/C15H20ClN3O.2C4H6O4/c1-2-20-15-6-12(8-18)14(16)5-13(15)10-19-4-3-11(7-17)9-19;2*5-3(6)1-2-4(7)8/h5-6,11H,2-4,7,9-10,17H2,1H3;2*1-2H2,(H,5,6)(H,7,8)/t11-;;/m0../s1. The molecule has 200 valence electrons. The largest absolute Gasteiger partial charge is 0.493 e. The van der Waals surface area contributed by atoms with Gasteiger partial charge in [-0.05, 0) is 44.5 Å². The number of nitrogens with two attached hydrogens (primary N) is 1. The molecule has 12 nitrogen and oxygen atoms in total. The SMILES string of the molecule is CCOc1cc(C#N)c(Cl)cc1CN1CC[C@@H](CN)C1.O=C(O)CCC(=O)O.O=C(O)CCC(=O)O. The lowest BCUT2D eigenvalue weighted by Gasteiger charge is -2.19. The van der Waals surface area contributed by atoms with Gasteiger partial charge in [-0.1, -0.05) is 11.6 Å². The third-order valence-electron chi connectivity index (χ3n) is 4.77. The van der Waals surface area contributed by atoms with Crippen LogP contribution in [0.1, 0.15) is 50.2 Å². The van der Waals surface area contributed by atoms with Crippen LogP contribution >= 0.6 is 11.6 Å². The minimum Gasteiger partial charge on any atom is -0.493 e. The van der Waals surface area contributed by atoms with Crippen molar-refractivity contribution in [2.24, 2.45) is 11.7 Å². The molecular formula is C23H32ClN3O9. The van der Waals surface area contributed by atoms with Crippen molar-refractivity contribution in [3.05, 3.63) is 28.3 Å². The quantitative estimate of drug-likeness (QED) is 0.279. The Bertz CT molecular complexity index is 878. The minimum atomic E-state index is -1.08. The first-order chi connectivity index (χ1) is 16.9. The molecule has 1 aliphatic heterocycles. The fraction of sp³-hybridized carbons (Fsp3) is 0.522. The Hall–Kier alpha value is -3.40. The van der Waals surface area contributed by atoms with Gasteiger partial charge in [0.1, 0.15) is 11.8 Å². The minimum absolute atomic E-state index is 0.296. The number of carbonyl (C=O) groups is 4. The van der Waals surface area contributed by atoms with E-state index >= 15 is 0 Å². The normalized spacial score (nSPS) is 14.3. The van der Waals surface area contributed by atoms with Crippen molar-refractivity contribution in [3.8, 4) is 11.8 Å². The van der Waals surface area contributed by atoms with Gasteiger partial charge in [-0.25, -0.2) is 0 Å². The molecule has 0 spiro atoms. The second-order valence-corrected chi connectivity index (χ2v) is 8.09. The second kappa shape index (κ2) is 18.0. The summed E-state index contributed by atoms with van der Waals surface area (Å²) in [6.45, 7) is 6.10. The van der Waals surface area contributed by atoms with Crippen molar-refractivity contribution in [1.82, 2.24) is 4.90 Å². The molecule has 36 heavy (non-hydrogen) atoms. The van der Waals surface area contributed by atoms with Gasteiger partial charge in [-0.15, -0.1) is 0 Å². The number of carboxylic acids is 4. The van der Waals surface area contributed by atoms with Crippen LogP contribution in [0.2, 0.25) is 5.02 Å². The Balaban J connectivity index is 0.000000634. The summed E-state index contributed by atoms with van der Waals surface area (Å²) in [6.07, 6.45) is -0.0419. The Morgan fingerprint density at radius 1 is 1.06 bits per heavy atom. The number of ether oxygens (including phenoxy) is 1. The van der Waals surface area contributed by atoms with Crippen molar-refractivity contribution in [1.29, 1.82) is 5.26 Å². The summed E-state index contributed by atoms with van der Waals surface area (Å²) in [5.74, 6) is -2.97. The van der Waals surface area contributed by atoms with Gasteiger partial charge in [-0.3, -0.25) is 24.1 Å². The number of rotatable bonds is 11. The van der Waals surface area contributed by atoms with E-state index in [4.69, 9.17) is 47.8 Å². The maximum absolute atomic E-state index is 9.64. The molecule has 1 aromatic carbocycles. The van der Waals surface area contributed by atoms with E-state index in [2.05, 4.69) is 11.0 Å². The fourth-order valence-electron chi connectivity index (χ4n) is 3.01. The topological polar surface area (TPSA) is 211 Å². The summed E-state index contributed by atoms with van der Waals surface area (Å²) >= 11 is 6.13. The molecule has 0 aromatic heterocycles. The number of hydrogen-bond donors (Lipinski definition) is 5. The summed E-state index contributed by atoms with van der Waals surface area (Å²) in [6, 6.07) is 5.67. The van der Waals surface area contributed by atoms with Crippen LogP contribution in [0.15, 0.2) is 12.1 Å². The first kappa shape index (κ1) is 32.6. The first-order valence-corrected chi connectivity index (χ1v) is 11.5. The number of aliphatic carboxylic acids is 4. The maximum Gasteiger partial charge on any atom is 0.303 e. The predicted octanol–water partition coefficient (Wildman–Crippen LogP) is 2.26. The lowest BCUT2D eigenvalue weighted by atomic mass is 10.1. The van der Waals surface area contributed by atoms with Crippen LogP contribution in [0.5, 0.6) is 5.75 Å². The highest BCUT2D eigenvalue weighted by molar-refractivity contribution is 6.31. The number of nitriles is 1. The van der Waals surface area contributed by atoms with E-state index in [1.165, 1.54) is 0 Å². The molecule has 0 radical (unpaired) electrons. The van der Waals surface area contributed by atoms with E-state index in [1.54, 1.807) is 6.07 Å². The van der Waals surface area contributed by atoms with E-state index in [9.17, 15) is 19.2 Å². The number of hydrogen-bond acceptors (Lipinski definition) is 8. The molecule has 0 amide bonds. The number of benzene rings is 1. The molecule has 2 rings (SSSR count). The molecule has 1 aromatic rings. The summed E-state index contributed by atoms with van der Waals surface area (Å²) in [5, 5.41) is 41.1. The third kappa shape index (κ3) is 14.8. The molecule has 1 aliphatic rings. The summed E-state index contributed by atoms with van der Waals surface area (Å²) in [5.41, 5.74) is 7.21. The Morgan fingerprint density at radius 3 is 1.92 bits per heavy atom.